The van der Waals surface area contributed by atoms with Gasteiger partial charge in [0.15, 0.2) is 0 Å². The number of hydrogen-bond donors (Lipinski definition) is 0. The molecule has 0 spiro atoms. The molecule has 0 saturated heterocycles. The third kappa shape index (κ3) is 6.19. The number of fused-ring (bicyclic) bond motifs is 3. The number of Topliss-reactive ketones (excluding diaryl/α,β-unsaturated/α-hetero) is 2. The van der Waals surface area contributed by atoms with E-state index in [9.17, 15) is 19.2 Å². The molecule has 1 fully saturated rings. The molecule has 1 aliphatic heterocycles. The number of ketones is 2. The minimum atomic E-state index is -1.04. The van der Waals surface area contributed by atoms with Crippen molar-refractivity contribution in [3.8, 4) is 11.1 Å². The summed E-state index contributed by atoms with van der Waals surface area (Å²) in [4.78, 5) is 56.2. The average molecular weight is 546 g/mol. The first kappa shape index (κ1) is 29.2. The van der Waals surface area contributed by atoms with Crippen molar-refractivity contribution >= 4 is 29.2 Å². The number of esters is 2. The summed E-state index contributed by atoms with van der Waals surface area (Å²) in [7, 11) is 0. The molecule has 2 aromatic carbocycles. The minimum Gasteiger partial charge on any atom is -0.457 e. The van der Waals surface area contributed by atoms with Gasteiger partial charge in [0.05, 0.1) is 12.1 Å². The fraction of sp³-hybridized carbons (Fsp3) is 0.455. The van der Waals surface area contributed by atoms with Gasteiger partial charge in [-0.1, -0.05) is 56.3 Å². The van der Waals surface area contributed by atoms with E-state index in [2.05, 4.69) is 0 Å². The molecule has 0 bridgehead atoms. The van der Waals surface area contributed by atoms with Crippen LogP contribution in [0.1, 0.15) is 79.8 Å². The molecular formula is C33H39NO6. The van der Waals surface area contributed by atoms with Crippen molar-refractivity contribution in [1.82, 2.24) is 0 Å². The zero-order valence-electron chi connectivity index (χ0n) is 24.7. The Bertz CT molecular complexity index is 1370. The lowest BCUT2D eigenvalue weighted by atomic mass is 9.67. The van der Waals surface area contributed by atoms with Gasteiger partial charge in [-0.05, 0) is 64.2 Å². The molecule has 1 aliphatic carbocycles. The van der Waals surface area contributed by atoms with Gasteiger partial charge >= 0.3 is 11.9 Å². The van der Waals surface area contributed by atoms with Crippen molar-refractivity contribution in [3.05, 3.63) is 65.9 Å². The molecule has 7 heteroatoms. The smallest absolute Gasteiger partial charge is 0.355 e. The highest BCUT2D eigenvalue weighted by Gasteiger charge is 2.50. The summed E-state index contributed by atoms with van der Waals surface area (Å²) < 4.78 is 11.3. The van der Waals surface area contributed by atoms with E-state index in [0.717, 1.165) is 22.8 Å². The van der Waals surface area contributed by atoms with Crippen LogP contribution in [0.2, 0.25) is 0 Å². The first-order valence-electron chi connectivity index (χ1n) is 13.7. The summed E-state index contributed by atoms with van der Waals surface area (Å²) >= 11 is 0. The minimum absolute atomic E-state index is 0.0958. The monoisotopic (exact) mass is 545 g/mol. The fourth-order valence-corrected chi connectivity index (χ4v) is 5.57. The third-order valence-electron chi connectivity index (χ3n) is 6.86. The van der Waals surface area contributed by atoms with Gasteiger partial charge in [-0.3, -0.25) is 9.59 Å². The number of nitrogens with zero attached hydrogens (tertiary/aromatic N) is 1. The Labute approximate surface area is 236 Å². The second kappa shape index (κ2) is 10.3. The molecule has 1 saturated carbocycles. The molecule has 0 aromatic heterocycles. The molecule has 212 valence electrons. The second-order valence-corrected chi connectivity index (χ2v) is 13.4. The van der Waals surface area contributed by atoms with Crippen LogP contribution in [0, 0.1) is 11.3 Å². The molecule has 40 heavy (non-hydrogen) atoms. The topological polar surface area (TPSA) is 90.0 Å². The van der Waals surface area contributed by atoms with Crippen molar-refractivity contribution in [2.45, 2.75) is 85.5 Å². The first-order chi connectivity index (χ1) is 18.5. The lowest BCUT2D eigenvalue weighted by Gasteiger charge is -2.45. The van der Waals surface area contributed by atoms with Gasteiger partial charge in [-0.15, -0.1) is 0 Å². The molecule has 0 radical (unpaired) electrons. The predicted molar refractivity (Wildman–Crippen MR) is 153 cm³/mol. The van der Waals surface area contributed by atoms with Gasteiger partial charge in [-0.2, -0.15) is 0 Å². The van der Waals surface area contributed by atoms with Crippen LogP contribution < -0.4 is 4.90 Å². The van der Waals surface area contributed by atoms with Gasteiger partial charge in [0.1, 0.15) is 34.4 Å². The van der Waals surface area contributed by atoms with Gasteiger partial charge in [0, 0.05) is 24.1 Å². The molecule has 1 atom stereocenters. The number of hydrogen-bond acceptors (Lipinski definition) is 7. The van der Waals surface area contributed by atoms with Crippen LogP contribution in [0.4, 0.5) is 5.69 Å². The van der Waals surface area contributed by atoms with Gasteiger partial charge in [-0.25, -0.2) is 9.59 Å². The van der Waals surface area contributed by atoms with E-state index in [-0.39, 0.29) is 30.1 Å². The summed E-state index contributed by atoms with van der Waals surface area (Å²) in [5.41, 5.74) is 0.772. The van der Waals surface area contributed by atoms with Crippen LogP contribution >= 0.6 is 0 Å². The van der Waals surface area contributed by atoms with Crippen molar-refractivity contribution in [2.24, 2.45) is 11.3 Å². The normalized spacial score (nSPS) is 19.6. The Morgan fingerprint density at radius 1 is 0.825 bits per heavy atom. The number of benzene rings is 2. The van der Waals surface area contributed by atoms with Crippen molar-refractivity contribution in [1.29, 1.82) is 0 Å². The molecule has 7 nitrogen and oxygen atoms in total. The molecule has 2 aromatic rings. The number of rotatable bonds is 4. The molecular weight excluding hydrogens is 506 g/mol. The van der Waals surface area contributed by atoms with E-state index in [1.165, 1.54) is 0 Å². The number of anilines is 1. The Hall–Kier alpha value is -3.74. The second-order valence-electron chi connectivity index (χ2n) is 13.4. The molecule has 2 aliphatic rings. The SMILES string of the molecule is CC1(C)CC(=O)C(C2c3ccccc3-c3ccccc3N2/C(=C\C(=O)OC(C)(C)C)C(=O)OC(C)(C)C)C(=O)C1. The standard InChI is InChI=1S/C33H39NO6/c1-31(2,3)39-27(37)17-24(30(38)40-32(4,5)6)34-23-16-12-11-14-21(23)20-13-9-10-15-22(20)29(34)28-25(35)18-33(7,8)19-26(28)36/h9-17,28-29H,18-19H2,1-8H3/b24-17-. The summed E-state index contributed by atoms with van der Waals surface area (Å²) in [6, 6.07) is 14.2. The number of para-hydroxylation sites is 1. The van der Waals surface area contributed by atoms with E-state index < -0.39 is 40.5 Å². The Morgan fingerprint density at radius 3 is 1.93 bits per heavy atom. The Balaban J connectivity index is 1.99. The van der Waals surface area contributed by atoms with Crippen LogP contribution in [0.15, 0.2) is 60.3 Å². The van der Waals surface area contributed by atoms with Crippen molar-refractivity contribution in [2.75, 3.05) is 4.90 Å². The van der Waals surface area contributed by atoms with Crippen LogP contribution in [-0.2, 0) is 28.7 Å². The van der Waals surface area contributed by atoms with Crippen LogP contribution in [0.3, 0.4) is 0 Å². The van der Waals surface area contributed by atoms with E-state index >= 15 is 0 Å². The van der Waals surface area contributed by atoms with Gasteiger partial charge < -0.3 is 14.4 Å². The quantitative estimate of drug-likeness (QED) is 0.251. The van der Waals surface area contributed by atoms with Gasteiger partial charge in [0.2, 0.25) is 0 Å². The maximum atomic E-state index is 13.9. The Morgan fingerprint density at radius 2 is 1.35 bits per heavy atom. The molecule has 0 amide bonds. The maximum absolute atomic E-state index is 13.9. The highest BCUT2D eigenvalue weighted by atomic mass is 16.6. The molecule has 4 rings (SSSR count). The van der Waals surface area contributed by atoms with Crippen LogP contribution in [0.25, 0.3) is 11.1 Å². The summed E-state index contributed by atoms with van der Waals surface area (Å²) in [6.07, 6.45) is 1.59. The third-order valence-corrected chi connectivity index (χ3v) is 6.86. The van der Waals surface area contributed by atoms with E-state index in [4.69, 9.17) is 9.47 Å². The van der Waals surface area contributed by atoms with E-state index in [0.29, 0.717) is 5.69 Å². The molecule has 1 heterocycles. The van der Waals surface area contributed by atoms with Crippen molar-refractivity contribution < 1.29 is 28.7 Å². The predicted octanol–water partition coefficient (Wildman–Crippen LogP) is 6.36. The Kier molecular flexibility index (Phi) is 7.56. The van der Waals surface area contributed by atoms with E-state index in [1.807, 2.05) is 62.4 Å². The molecule has 1 unspecified atom stereocenters. The highest BCUT2D eigenvalue weighted by molar-refractivity contribution is 6.09. The fourth-order valence-electron chi connectivity index (χ4n) is 5.57. The van der Waals surface area contributed by atoms with Crippen molar-refractivity contribution in [3.63, 3.8) is 0 Å². The van der Waals surface area contributed by atoms with E-state index in [1.54, 1.807) is 46.4 Å². The molecule has 0 N–H and O–H groups in total. The summed E-state index contributed by atoms with van der Waals surface area (Å²) in [6.45, 7) is 14.3. The lowest BCUT2D eigenvalue weighted by Crippen LogP contribution is -2.48. The first-order valence-corrected chi connectivity index (χ1v) is 13.7. The highest BCUT2D eigenvalue weighted by Crippen LogP contribution is 2.51. The number of ether oxygens (including phenoxy) is 2. The van der Waals surface area contributed by atoms with Crippen LogP contribution in [0.5, 0.6) is 0 Å². The van der Waals surface area contributed by atoms with Gasteiger partial charge in [0.25, 0.3) is 0 Å². The maximum Gasteiger partial charge on any atom is 0.355 e. The average Bonchev–Trinajstić information content (AvgIpc) is 2.79. The van der Waals surface area contributed by atoms with Crippen LogP contribution in [-0.4, -0.2) is 34.7 Å². The summed E-state index contributed by atoms with van der Waals surface area (Å²) in [5, 5.41) is 0. The largest absolute Gasteiger partial charge is 0.457 e. The zero-order valence-corrected chi connectivity index (χ0v) is 24.7. The lowest BCUT2D eigenvalue weighted by molar-refractivity contribution is -0.153. The zero-order chi connectivity index (χ0) is 29.6. The summed E-state index contributed by atoms with van der Waals surface area (Å²) in [5.74, 6) is -2.90. The number of carbonyl (C=O) groups is 4. The number of carbonyl (C=O) groups excluding carboxylic acids is 4.